The minimum Gasteiger partial charge on any atom is -0.377 e. The standard InChI is InChI=1S/C17H17BrN2/c1-11-6-12(2)8-14(7-11)13(3)20-17-5-4-16(18)9-15(17)10-19/h4-9,13,20H,1-3H3. The van der Waals surface area contributed by atoms with Gasteiger partial charge in [-0.15, -0.1) is 0 Å². The minimum atomic E-state index is 0.155. The summed E-state index contributed by atoms with van der Waals surface area (Å²) in [5.74, 6) is 0. The van der Waals surface area contributed by atoms with E-state index in [-0.39, 0.29) is 6.04 Å². The summed E-state index contributed by atoms with van der Waals surface area (Å²) in [6.45, 7) is 6.31. The molecule has 20 heavy (non-hydrogen) atoms. The van der Waals surface area contributed by atoms with Gasteiger partial charge in [0.15, 0.2) is 0 Å². The molecule has 0 bridgehead atoms. The van der Waals surface area contributed by atoms with Crippen LogP contribution in [0.25, 0.3) is 0 Å². The molecule has 2 nitrogen and oxygen atoms in total. The zero-order chi connectivity index (χ0) is 14.7. The van der Waals surface area contributed by atoms with Gasteiger partial charge in [-0.1, -0.05) is 45.3 Å². The van der Waals surface area contributed by atoms with Gasteiger partial charge in [-0.2, -0.15) is 5.26 Å². The molecule has 0 aliphatic rings. The van der Waals surface area contributed by atoms with Crippen molar-refractivity contribution in [1.29, 1.82) is 5.26 Å². The van der Waals surface area contributed by atoms with Gasteiger partial charge in [-0.3, -0.25) is 0 Å². The van der Waals surface area contributed by atoms with Crippen LogP contribution in [-0.4, -0.2) is 0 Å². The quantitative estimate of drug-likeness (QED) is 0.849. The lowest BCUT2D eigenvalue weighted by Gasteiger charge is -2.18. The number of nitrogens with one attached hydrogen (secondary N) is 1. The van der Waals surface area contributed by atoms with Crippen LogP contribution in [0.2, 0.25) is 0 Å². The second-order valence-electron chi connectivity index (χ2n) is 5.09. The average Bonchev–Trinajstić information content (AvgIpc) is 2.39. The number of anilines is 1. The third-order valence-electron chi connectivity index (χ3n) is 3.22. The van der Waals surface area contributed by atoms with Gasteiger partial charge in [-0.25, -0.2) is 0 Å². The Morgan fingerprint density at radius 1 is 1.10 bits per heavy atom. The van der Waals surface area contributed by atoms with Crippen LogP contribution >= 0.6 is 15.9 Å². The number of nitriles is 1. The van der Waals surface area contributed by atoms with E-state index >= 15 is 0 Å². The first-order valence-corrected chi connectivity index (χ1v) is 7.33. The molecule has 1 N–H and O–H groups in total. The highest BCUT2D eigenvalue weighted by Crippen LogP contribution is 2.25. The van der Waals surface area contributed by atoms with Gasteiger partial charge >= 0.3 is 0 Å². The molecule has 0 aromatic heterocycles. The van der Waals surface area contributed by atoms with Gasteiger partial charge in [0.1, 0.15) is 6.07 Å². The van der Waals surface area contributed by atoms with Crippen LogP contribution in [0.4, 0.5) is 5.69 Å². The van der Waals surface area contributed by atoms with Crippen LogP contribution in [0.3, 0.4) is 0 Å². The molecular formula is C17H17BrN2. The van der Waals surface area contributed by atoms with Crippen molar-refractivity contribution >= 4 is 21.6 Å². The van der Waals surface area contributed by atoms with Gasteiger partial charge < -0.3 is 5.32 Å². The van der Waals surface area contributed by atoms with Gasteiger partial charge in [0.25, 0.3) is 0 Å². The molecule has 0 aliphatic heterocycles. The number of aryl methyl sites for hydroxylation is 2. The predicted octanol–water partition coefficient (Wildman–Crippen LogP) is 5.11. The van der Waals surface area contributed by atoms with E-state index in [2.05, 4.69) is 66.3 Å². The summed E-state index contributed by atoms with van der Waals surface area (Å²) in [5.41, 5.74) is 5.25. The molecule has 0 saturated heterocycles. The van der Waals surface area contributed by atoms with Gasteiger partial charge in [0.05, 0.1) is 11.3 Å². The van der Waals surface area contributed by atoms with E-state index in [0.29, 0.717) is 5.56 Å². The van der Waals surface area contributed by atoms with E-state index in [1.807, 2.05) is 18.2 Å². The molecule has 2 aromatic rings. The molecule has 0 spiro atoms. The molecule has 3 heteroatoms. The third kappa shape index (κ3) is 3.40. The Kier molecular flexibility index (Phi) is 4.46. The molecule has 0 aliphatic carbocycles. The Bertz CT molecular complexity index is 651. The van der Waals surface area contributed by atoms with Crippen LogP contribution in [0.5, 0.6) is 0 Å². The maximum Gasteiger partial charge on any atom is 0.101 e. The van der Waals surface area contributed by atoms with Crippen molar-refractivity contribution in [2.75, 3.05) is 5.32 Å². The van der Waals surface area contributed by atoms with Gasteiger partial charge in [0.2, 0.25) is 0 Å². The largest absolute Gasteiger partial charge is 0.377 e. The number of rotatable bonds is 3. The monoisotopic (exact) mass is 328 g/mol. The minimum absolute atomic E-state index is 0.155. The van der Waals surface area contributed by atoms with E-state index in [4.69, 9.17) is 0 Å². The summed E-state index contributed by atoms with van der Waals surface area (Å²) >= 11 is 3.39. The Labute approximate surface area is 128 Å². The fraction of sp³-hybridized carbons (Fsp3) is 0.235. The second-order valence-corrected chi connectivity index (χ2v) is 6.00. The van der Waals surface area contributed by atoms with Crippen LogP contribution in [0.15, 0.2) is 40.9 Å². The second kappa shape index (κ2) is 6.11. The Balaban J connectivity index is 2.28. The Morgan fingerprint density at radius 3 is 2.35 bits per heavy atom. The predicted molar refractivity (Wildman–Crippen MR) is 86.8 cm³/mol. The Hall–Kier alpha value is -1.79. The summed E-state index contributed by atoms with van der Waals surface area (Å²) in [5, 5.41) is 12.6. The molecule has 1 atom stereocenters. The number of nitrogens with zero attached hydrogens (tertiary/aromatic N) is 1. The lowest BCUT2D eigenvalue weighted by molar-refractivity contribution is 0.880. The summed E-state index contributed by atoms with van der Waals surface area (Å²) in [4.78, 5) is 0. The summed E-state index contributed by atoms with van der Waals surface area (Å²) in [7, 11) is 0. The normalized spacial score (nSPS) is 11.8. The van der Waals surface area contributed by atoms with Crippen molar-refractivity contribution in [1.82, 2.24) is 0 Å². The first-order valence-electron chi connectivity index (χ1n) is 6.54. The van der Waals surface area contributed by atoms with Gasteiger partial charge in [-0.05, 0) is 44.5 Å². The molecule has 2 rings (SSSR count). The molecule has 0 radical (unpaired) electrons. The summed E-state index contributed by atoms with van der Waals surface area (Å²) in [6, 6.07) is 14.6. The molecule has 0 heterocycles. The number of benzene rings is 2. The number of hydrogen-bond acceptors (Lipinski definition) is 2. The SMILES string of the molecule is Cc1cc(C)cc(C(C)Nc2ccc(Br)cc2C#N)c1. The molecule has 2 aromatic carbocycles. The number of halogens is 1. The third-order valence-corrected chi connectivity index (χ3v) is 3.71. The zero-order valence-electron chi connectivity index (χ0n) is 11.9. The van der Waals surface area contributed by atoms with Crippen LogP contribution in [-0.2, 0) is 0 Å². The highest BCUT2D eigenvalue weighted by atomic mass is 79.9. The van der Waals surface area contributed by atoms with Crippen molar-refractivity contribution in [3.63, 3.8) is 0 Å². The topological polar surface area (TPSA) is 35.8 Å². The average molecular weight is 329 g/mol. The molecular weight excluding hydrogens is 312 g/mol. The van der Waals surface area contributed by atoms with E-state index < -0.39 is 0 Å². The first-order chi connectivity index (χ1) is 9.49. The lowest BCUT2D eigenvalue weighted by Crippen LogP contribution is -2.08. The zero-order valence-corrected chi connectivity index (χ0v) is 13.5. The van der Waals surface area contributed by atoms with Crippen molar-refractivity contribution < 1.29 is 0 Å². The van der Waals surface area contributed by atoms with E-state index in [1.54, 1.807) is 0 Å². The van der Waals surface area contributed by atoms with Crippen LogP contribution < -0.4 is 5.32 Å². The molecule has 0 saturated carbocycles. The first kappa shape index (κ1) is 14.6. The van der Waals surface area contributed by atoms with E-state index in [9.17, 15) is 5.26 Å². The fourth-order valence-electron chi connectivity index (χ4n) is 2.31. The van der Waals surface area contributed by atoms with Crippen LogP contribution in [0, 0.1) is 25.2 Å². The van der Waals surface area contributed by atoms with Crippen molar-refractivity contribution in [3.8, 4) is 6.07 Å². The van der Waals surface area contributed by atoms with E-state index in [1.165, 1.54) is 16.7 Å². The molecule has 1 unspecified atom stereocenters. The molecule has 0 amide bonds. The maximum absolute atomic E-state index is 9.20. The van der Waals surface area contributed by atoms with E-state index in [0.717, 1.165) is 10.2 Å². The lowest BCUT2D eigenvalue weighted by atomic mass is 10.0. The highest BCUT2D eigenvalue weighted by molar-refractivity contribution is 9.10. The summed E-state index contributed by atoms with van der Waals surface area (Å²) < 4.78 is 0.915. The Morgan fingerprint density at radius 2 is 1.75 bits per heavy atom. The van der Waals surface area contributed by atoms with Crippen molar-refractivity contribution in [3.05, 3.63) is 63.1 Å². The highest BCUT2D eigenvalue weighted by Gasteiger charge is 2.09. The van der Waals surface area contributed by atoms with Gasteiger partial charge in [0, 0.05) is 10.5 Å². The smallest absolute Gasteiger partial charge is 0.101 e. The van der Waals surface area contributed by atoms with Crippen molar-refractivity contribution in [2.24, 2.45) is 0 Å². The molecule has 0 fully saturated rings. The maximum atomic E-state index is 9.20. The molecule has 102 valence electrons. The van der Waals surface area contributed by atoms with Crippen LogP contribution in [0.1, 0.15) is 35.2 Å². The number of hydrogen-bond donors (Lipinski definition) is 1. The summed E-state index contributed by atoms with van der Waals surface area (Å²) in [6.07, 6.45) is 0. The van der Waals surface area contributed by atoms with Crippen molar-refractivity contribution in [2.45, 2.75) is 26.8 Å². The fourth-order valence-corrected chi connectivity index (χ4v) is 2.67.